The van der Waals surface area contributed by atoms with Gasteiger partial charge in [0.05, 0.1) is 0 Å². The highest BCUT2D eigenvalue weighted by atomic mass is 31.2. The standard InChI is InChI=1S/C9H14N3O8P/c10-3-1-2-12(9(16)11-3)7-5(14)4(13)6(20-7)8(15)21(17,18)19/h1-2,4-8,13-15H,(H2,10,11,16)(H2,17,18,19)/t4-,5-,6-,7+,8+/m0/s1. The second kappa shape index (κ2) is 5.46. The zero-order valence-corrected chi connectivity index (χ0v) is 11.3. The Labute approximate surface area is 117 Å². The molecule has 1 saturated heterocycles. The second-order valence-corrected chi connectivity index (χ2v) is 6.22. The molecule has 7 N–H and O–H groups in total. The van der Waals surface area contributed by atoms with Crippen molar-refractivity contribution < 1.29 is 34.4 Å². The van der Waals surface area contributed by atoms with Gasteiger partial charge in [0.25, 0.3) is 0 Å². The van der Waals surface area contributed by atoms with E-state index in [1.807, 2.05) is 0 Å². The molecule has 12 heteroatoms. The fourth-order valence-corrected chi connectivity index (χ4v) is 2.60. The number of hydrogen-bond acceptors (Lipinski definition) is 8. The molecule has 1 aliphatic rings. The number of hydrogen-bond donors (Lipinski definition) is 6. The Balaban J connectivity index is 2.32. The predicted octanol–water partition coefficient (Wildman–Crippen LogP) is -3.06. The molecule has 21 heavy (non-hydrogen) atoms. The zero-order valence-electron chi connectivity index (χ0n) is 10.4. The molecule has 2 rings (SSSR count). The lowest BCUT2D eigenvalue weighted by Crippen LogP contribution is -2.39. The van der Waals surface area contributed by atoms with Gasteiger partial charge < -0.3 is 35.6 Å². The molecule has 0 radical (unpaired) electrons. The molecule has 0 bridgehead atoms. The molecule has 0 unspecified atom stereocenters. The van der Waals surface area contributed by atoms with Gasteiger partial charge in [-0.25, -0.2) is 4.79 Å². The van der Waals surface area contributed by atoms with Gasteiger partial charge in [-0.15, -0.1) is 0 Å². The van der Waals surface area contributed by atoms with Gasteiger partial charge >= 0.3 is 13.3 Å². The van der Waals surface area contributed by atoms with E-state index in [0.29, 0.717) is 0 Å². The maximum Gasteiger partial charge on any atom is 0.356 e. The van der Waals surface area contributed by atoms with Crippen LogP contribution in [0.1, 0.15) is 6.23 Å². The van der Waals surface area contributed by atoms with E-state index in [2.05, 4.69) is 4.98 Å². The van der Waals surface area contributed by atoms with Crippen LogP contribution in [0.4, 0.5) is 5.82 Å². The minimum absolute atomic E-state index is 0.0731. The number of aliphatic hydroxyl groups is 3. The molecule has 1 aromatic rings. The summed E-state index contributed by atoms with van der Waals surface area (Å²) in [6.07, 6.45) is -5.60. The van der Waals surface area contributed by atoms with Crippen LogP contribution in [-0.2, 0) is 9.30 Å². The first-order valence-corrected chi connectivity index (χ1v) is 7.40. The van der Waals surface area contributed by atoms with Gasteiger partial charge in [-0.2, -0.15) is 4.98 Å². The van der Waals surface area contributed by atoms with Gasteiger partial charge in [0.1, 0.15) is 24.1 Å². The number of aromatic nitrogens is 2. The Bertz CT molecular complexity index is 630. The van der Waals surface area contributed by atoms with E-state index in [0.717, 1.165) is 10.8 Å². The average Bonchev–Trinajstić information content (AvgIpc) is 2.65. The second-order valence-electron chi connectivity index (χ2n) is 4.52. The Morgan fingerprint density at radius 3 is 2.52 bits per heavy atom. The molecule has 0 spiro atoms. The lowest BCUT2D eigenvalue weighted by Gasteiger charge is -2.21. The van der Waals surface area contributed by atoms with Crippen molar-refractivity contribution in [3.63, 3.8) is 0 Å². The molecule has 0 aromatic carbocycles. The Hall–Kier alpha value is -1.33. The molecule has 1 aromatic heterocycles. The molecule has 118 valence electrons. The van der Waals surface area contributed by atoms with Gasteiger partial charge in [-0.1, -0.05) is 0 Å². The Morgan fingerprint density at radius 2 is 2.00 bits per heavy atom. The van der Waals surface area contributed by atoms with Crippen LogP contribution in [0.15, 0.2) is 17.1 Å². The Kier molecular flexibility index (Phi) is 4.17. The normalized spacial score (nSPS) is 31.3. The molecule has 0 aliphatic carbocycles. The van der Waals surface area contributed by atoms with E-state index in [4.69, 9.17) is 20.3 Å². The van der Waals surface area contributed by atoms with Crippen molar-refractivity contribution in [3.05, 3.63) is 22.7 Å². The fourth-order valence-electron chi connectivity index (χ4n) is 1.97. The van der Waals surface area contributed by atoms with E-state index < -0.39 is 43.7 Å². The summed E-state index contributed by atoms with van der Waals surface area (Å²) in [7, 11) is -4.97. The third-order valence-corrected chi connectivity index (χ3v) is 4.02. The van der Waals surface area contributed by atoms with Crippen molar-refractivity contribution in [2.24, 2.45) is 0 Å². The van der Waals surface area contributed by atoms with Crippen molar-refractivity contribution in [1.29, 1.82) is 0 Å². The largest absolute Gasteiger partial charge is 0.387 e. The van der Waals surface area contributed by atoms with E-state index >= 15 is 0 Å². The summed E-state index contributed by atoms with van der Waals surface area (Å²) < 4.78 is 16.8. The molecular formula is C9H14N3O8P. The number of aliphatic hydroxyl groups excluding tert-OH is 3. The first-order chi connectivity index (χ1) is 9.62. The van der Waals surface area contributed by atoms with Gasteiger partial charge in [-0.05, 0) is 6.07 Å². The predicted molar refractivity (Wildman–Crippen MR) is 66.9 cm³/mol. The third-order valence-electron chi connectivity index (χ3n) is 3.04. The first-order valence-electron chi connectivity index (χ1n) is 5.72. The fraction of sp³-hybridized carbons (Fsp3) is 0.556. The third kappa shape index (κ3) is 2.99. The summed E-state index contributed by atoms with van der Waals surface area (Å²) >= 11 is 0. The number of nitrogens with two attached hydrogens (primary N) is 1. The highest BCUT2D eigenvalue weighted by molar-refractivity contribution is 7.52. The maximum absolute atomic E-state index is 11.6. The summed E-state index contributed by atoms with van der Waals surface area (Å²) in [4.78, 5) is 32.8. The topological polar surface area (TPSA) is 188 Å². The molecule has 0 saturated carbocycles. The number of nitrogens with zero attached hydrogens (tertiary/aromatic N) is 2. The summed E-state index contributed by atoms with van der Waals surface area (Å²) in [6, 6.07) is 1.23. The first kappa shape index (κ1) is 16.0. The SMILES string of the molecule is Nc1ccn([C@@H]2O[C@H]([C@H](O)P(=O)(O)O)[C@@H](O)[C@@H]2O)c(=O)n1. The van der Waals surface area contributed by atoms with Crippen LogP contribution in [0.3, 0.4) is 0 Å². The average molecular weight is 323 g/mol. The molecule has 1 fully saturated rings. The molecular weight excluding hydrogens is 309 g/mol. The number of rotatable bonds is 3. The monoisotopic (exact) mass is 323 g/mol. The van der Waals surface area contributed by atoms with Crippen LogP contribution < -0.4 is 11.4 Å². The van der Waals surface area contributed by atoms with E-state index in [1.54, 1.807) is 0 Å². The van der Waals surface area contributed by atoms with Crippen LogP contribution in [0.25, 0.3) is 0 Å². The van der Waals surface area contributed by atoms with Crippen molar-refractivity contribution in [1.82, 2.24) is 9.55 Å². The van der Waals surface area contributed by atoms with Gasteiger partial charge in [0, 0.05) is 6.20 Å². The quantitative estimate of drug-likeness (QED) is 0.311. The highest BCUT2D eigenvalue weighted by Crippen LogP contribution is 2.46. The zero-order chi connectivity index (χ0) is 15.9. The van der Waals surface area contributed by atoms with Crippen molar-refractivity contribution in [2.45, 2.75) is 30.4 Å². The van der Waals surface area contributed by atoms with E-state index in [9.17, 15) is 24.7 Å². The van der Waals surface area contributed by atoms with Crippen LogP contribution in [0, 0.1) is 0 Å². The maximum atomic E-state index is 11.6. The molecule has 5 atom stereocenters. The lowest BCUT2D eigenvalue weighted by molar-refractivity contribution is -0.0694. The van der Waals surface area contributed by atoms with Crippen molar-refractivity contribution in [2.75, 3.05) is 5.73 Å². The summed E-state index contributed by atoms with van der Waals surface area (Å²) in [5, 5.41) is 29.0. The van der Waals surface area contributed by atoms with Gasteiger partial charge in [0.15, 0.2) is 12.1 Å². The van der Waals surface area contributed by atoms with E-state index in [-0.39, 0.29) is 5.82 Å². The number of ether oxygens (including phenoxy) is 1. The van der Waals surface area contributed by atoms with Crippen molar-refractivity contribution in [3.8, 4) is 0 Å². The minimum Gasteiger partial charge on any atom is -0.387 e. The summed E-state index contributed by atoms with van der Waals surface area (Å²) in [5.74, 6) is -2.42. The number of anilines is 1. The minimum atomic E-state index is -4.97. The highest BCUT2D eigenvalue weighted by Gasteiger charge is 2.51. The van der Waals surface area contributed by atoms with Gasteiger partial charge in [0.2, 0.25) is 0 Å². The summed E-state index contributed by atoms with van der Waals surface area (Å²) in [6.45, 7) is 0. The van der Waals surface area contributed by atoms with Crippen molar-refractivity contribution >= 4 is 13.4 Å². The Morgan fingerprint density at radius 1 is 1.38 bits per heavy atom. The lowest BCUT2D eigenvalue weighted by atomic mass is 10.1. The van der Waals surface area contributed by atoms with E-state index in [1.165, 1.54) is 6.07 Å². The molecule has 2 heterocycles. The van der Waals surface area contributed by atoms with Gasteiger partial charge in [-0.3, -0.25) is 9.13 Å². The number of nitrogen functional groups attached to an aromatic ring is 1. The molecule has 11 nitrogen and oxygen atoms in total. The van der Waals surface area contributed by atoms with Crippen LogP contribution in [0.2, 0.25) is 0 Å². The molecule has 0 amide bonds. The summed E-state index contributed by atoms with van der Waals surface area (Å²) in [5.41, 5.74) is 4.41. The van der Waals surface area contributed by atoms with Crippen LogP contribution >= 0.6 is 7.60 Å². The smallest absolute Gasteiger partial charge is 0.356 e. The van der Waals surface area contributed by atoms with Crippen LogP contribution in [-0.4, -0.2) is 58.8 Å². The molecule has 1 aliphatic heterocycles. The van der Waals surface area contributed by atoms with Crippen LogP contribution in [0.5, 0.6) is 0 Å².